The minimum Gasteiger partial charge on any atom is -0.360 e. The van der Waals surface area contributed by atoms with Crippen molar-refractivity contribution in [3.63, 3.8) is 0 Å². The van der Waals surface area contributed by atoms with Gasteiger partial charge in [-0.2, -0.15) is 4.68 Å². The summed E-state index contributed by atoms with van der Waals surface area (Å²) in [4.78, 5) is 3.61. The summed E-state index contributed by atoms with van der Waals surface area (Å²) < 4.78 is 31.4. The lowest BCUT2D eigenvalue weighted by atomic mass is 10.2. The van der Waals surface area contributed by atoms with Gasteiger partial charge in [0.05, 0.1) is 31.7 Å². The Balaban J connectivity index is 1.46. The largest absolute Gasteiger partial charge is 0.360 e. The van der Waals surface area contributed by atoms with Crippen molar-refractivity contribution in [2.75, 3.05) is 31.1 Å². The highest BCUT2D eigenvalue weighted by molar-refractivity contribution is 7.71. The van der Waals surface area contributed by atoms with Crippen LogP contribution in [0.3, 0.4) is 0 Å². The first-order chi connectivity index (χ1) is 13.5. The van der Waals surface area contributed by atoms with Crippen LogP contribution in [0, 0.1) is 16.4 Å². The maximum atomic E-state index is 14.2. The number of hydrogen-bond acceptors (Lipinski definition) is 3. The fraction of sp³-hybridized carbons (Fsp3) is 0.300. The van der Waals surface area contributed by atoms with Crippen LogP contribution in [0.15, 0.2) is 48.5 Å². The first-order valence-corrected chi connectivity index (χ1v) is 9.66. The van der Waals surface area contributed by atoms with Crippen molar-refractivity contribution in [2.24, 2.45) is 7.05 Å². The highest BCUT2D eigenvalue weighted by Gasteiger charge is 2.22. The van der Waals surface area contributed by atoms with Gasteiger partial charge >= 0.3 is 0 Å². The van der Waals surface area contributed by atoms with Gasteiger partial charge in [0, 0.05) is 12.7 Å². The number of hydrogen-bond donors (Lipinski definition) is 1. The molecular weight excluding hydrogens is 380 g/mol. The molecule has 3 aromatic rings. The maximum absolute atomic E-state index is 14.2. The van der Waals surface area contributed by atoms with Gasteiger partial charge in [-0.05, 0) is 48.6 Å². The smallest absolute Gasteiger partial charge is 0.202 e. The Morgan fingerprint density at radius 3 is 2.39 bits per heavy atom. The minimum absolute atomic E-state index is 0.219. The molecule has 0 saturated carbocycles. The van der Waals surface area contributed by atoms with Gasteiger partial charge in [-0.25, -0.2) is 8.78 Å². The Kier molecular flexibility index (Phi) is 5.23. The van der Waals surface area contributed by atoms with Gasteiger partial charge < -0.3 is 14.4 Å². The zero-order chi connectivity index (χ0) is 19.7. The molecule has 5 nitrogen and oxygen atoms in total. The predicted molar refractivity (Wildman–Crippen MR) is 107 cm³/mol. The molecule has 1 aliphatic heterocycles. The number of quaternary nitrogens is 1. The Bertz CT molecular complexity index is 1020. The third-order valence-corrected chi connectivity index (χ3v) is 5.68. The average Bonchev–Trinajstić information content (AvgIpc) is 2.98. The second-order valence-electron chi connectivity index (χ2n) is 7.02. The van der Waals surface area contributed by atoms with Gasteiger partial charge in [0.15, 0.2) is 12.5 Å². The molecule has 1 aliphatic rings. The predicted octanol–water partition coefficient (Wildman–Crippen LogP) is 2.26. The van der Waals surface area contributed by atoms with E-state index in [-0.39, 0.29) is 11.6 Å². The molecule has 1 N–H and O–H groups in total. The number of aromatic nitrogens is 3. The van der Waals surface area contributed by atoms with Crippen LogP contribution in [-0.4, -0.2) is 40.5 Å². The van der Waals surface area contributed by atoms with Crippen LogP contribution in [0.5, 0.6) is 0 Å². The van der Waals surface area contributed by atoms with Crippen molar-refractivity contribution in [3.05, 3.63) is 64.9 Å². The van der Waals surface area contributed by atoms with E-state index in [0.29, 0.717) is 22.8 Å². The number of benzene rings is 2. The zero-order valence-electron chi connectivity index (χ0n) is 15.6. The van der Waals surface area contributed by atoms with E-state index in [4.69, 9.17) is 12.2 Å². The van der Waals surface area contributed by atoms with Crippen molar-refractivity contribution in [3.8, 4) is 11.4 Å². The highest BCUT2D eigenvalue weighted by atomic mass is 32.1. The van der Waals surface area contributed by atoms with Crippen LogP contribution in [-0.2, 0) is 13.7 Å². The molecule has 0 radical (unpaired) electrons. The van der Waals surface area contributed by atoms with E-state index < -0.39 is 0 Å². The van der Waals surface area contributed by atoms with Crippen LogP contribution >= 0.6 is 12.2 Å². The highest BCUT2D eigenvalue weighted by Crippen LogP contribution is 2.20. The molecule has 0 atom stereocenters. The van der Waals surface area contributed by atoms with E-state index in [2.05, 4.69) is 10.00 Å². The molecule has 0 amide bonds. The molecule has 1 aromatic heterocycles. The number of halogens is 2. The Labute approximate surface area is 167 Å². The summed E-state index contributed by atoms with van der Waals surface area (Å²) in [5, 5.41) is 4.58. The van der Waals surface area contributed by atoms with Crippen LogP contribution in [0.4, 0.5) is 14.5 Å². The number of nitrogens with zero attached hydrogens (tertiary/aromatic N) is 4. The molecule has 28 heavy (non-hydrogen) atoms. The monoisotopic (exact) mass is 402 g/mol. The SMILES string of the molecule is Cn1c(-c2ccccc2F)nn(C[NH+]2CCN(c3ccc(F)cc3)CC2)c1=S. The fourth-order valence-electron chi connectivity index (χ4n) is 3.57. The van der Waals surface area contributed by atoms with Crippen LogP contribution in [0.1, 0.15) is 0 Å². The van der Waals surface area contributed by atoms with Crippen molar-refractivity contribution in [2.45, 2.75) is 6.67 Å². The third-order valence-electron chi connectivity index (χ3n) is 5.19. The summed E-state index contributed by atoms with van der Waals surface area (Å²) >= 11 is 5.52. The van der Waals surface area contributed by atoms with Crippen LogP contribution < -0.4 is 9.80 Å². The van der Waals surface area contributed by atoms with E-state index in [0.717, 1.165) is 31.9 Å². The second kappa shape index (κ2) is 7.81. The lowest BCUT2D eigenvalue weighted by Crippen LogP contribution is -3.14. The average molecular weight is 402 g/mol. The second-order valence-corrected chi connectivity index (χ2v) is 7.38. The third kappa shape index (κ3) is 3.70. The van der Waals surface area contributed by atoms with Gasteiger partial charge in [-0.3, -0.25) is 0 Å². The summed E-state index contributed by atoms with van der Waals surface area (Å²) in [6.45, 7) is 4.23. The molecule has 2 heterocycles. The lowest BCUT2D eigenvalue weighted by molar-refractivity contribution is -0.924. The number of piperazine rings is 1. The molecule has 1 fully saturated rings. The van der Waals surface area contributed by atoms with Gasteiger partial charge in [0.1, 0.15) is 11.6 Å². The van der Waals surface area contributed by atoms with Crippen molar-refractivity contribution in [1.29, 1.82) is 0 Å². The topological polar surface area (TPSA) is 30.4 Å². The molecule has 0 aliphatic carbocycles. The molecule has 146 valence electrons. The van der Waals surface area contributed by atoms with Gasteiger partial charge in [-0.1, -0.05) is 12.1 Å². The first kappa shape index (κ1) is 18.8. The Morgan fingerprint density at radius 2 is 1.71 bits per heavy atom. The summed E-state index contributed by atoms with van der Waals surface area (Å²) in [6.07, 6.45) is 0. The van der Waals surface area contributed by atoms with Gasteiger partial charge in [0.2, 0.25) is 4.77 Å². The first-order valence-electron chi connectivity index (χ1n) is 9.26. The number of rotatable bonds is 4. The molecule has 0 bridgehead atoms. The van der Waals surface area contributed by atoms with E-state index >= 15 is 0 Å². The fourth-order valence-corrected chi connectivity index (χ4v) is 3.76. The van der Waals surface area contributed by atoms with Crippen LogP contribution in [0.25, 0.3) is 11.4 Å². The summed E-state index contributed by atoms with van der Waals surface area (Å²) in [5.74, 6) is 0.00801. The summed E-state index contributed by atoms with van der Waals surface area (Å²) in [6, 6.07) is 13.2. The quantitative estimate of drug-likeness (QED) is 0.679. The normalized spacial score (nSPS) is 15.2. The minimum atomic E-state index is -0.307. The molecule has 2 aromatic carbocycles. The molecule has 4 rings (SSSR count). The van der Waals surface area contributed by atoms with E-state index in [1.165, 1.54) is 23.1 Å². The number of anilines is 1. The summed E-state index contributed by atoms with van der Waals surface area (Å²) in [7, 11) is 1.81. The molecule has 0 unspecified atom stereocenters. The standard InChI is InChI=1S/C20H21F2N5S/c1-24-19(17-4-2-3-5-18(17)22)23-27(20(24)28)14-25-10-12-26(13-11-25)16-8-6-15(21)7-9-16/h2-9H,10-14H2,1H3/p+1. The lowest BCUT2D eigenvalue weighted by Gasteiger charge is -2.33. The van der Waals surface area contributed by atoms with Gasteiger partial charge in [-0.15, -0.1) is 5.10 Å². The zero-order valence-corrected chi connectivity index (χ0v) is 16.4. The van der Waals surface area contributed by atoms with E-state index in [9.17, 15) is 8.78 Å². The molecule has 1 saturated heterocycles. The van der Waals surface area contributed by atoms with Crippen molar-refractivity contribution in [1.82, 2.24) is 14.3 Å². The van der Waals surface area contributed by atoms with E-state index in [1.807, 2.05) is 19.2 Å². The Hall–Kier alpha value is -2.58. The van der Waals surface area contributed by atoms with Crippen LogP contribution in [0.2, 0.25) is 0 Å². The van der Waals surface area contributed by atoms with Crippen molar-refractivity contribution >= 4 is 17.9 Å². The Morgan fingerprint density at radius 1 is 1.04 bits per heavy atom. The van der Waals surface area contributed by atoms with Crippen molar-refractivity contribution < 1.29 is 13.7 Å². The van der Waals surface area contributed by atoms with Gasteiger partial charge in [0.25, 0.3) is 0 Å². The van der Waals surface area contributed by atoms with E-state index in [1.54, 1.807) is 27.4 Å². The molecule has 8 heteroatoms. The molecule has 0 spiro atoms. The number of nitrogens with one attached hydrogen (secondary N) is 1. The summed E-state index contributed by atoms with van der Waals surface area (Å²) in [5.41, 5.74) is 1.49. The maximum Gasteiger partial charge on any atom is 0.202 e. The molecular formula is C20H22F2N5S+.